The number of allylic oxidation sites excluding steroid dienone is 1. The van der Waals surface area contributed by atoms with Crippen molar-refractivity contribution >= 4 is 39.6 Å². The topological polar surface area (TPSA) is 77.4 Å². The Bertz CT molecular complexity index is 1100. The van der Waals surface area contributed by atoms with Crippen LogP contribution in [-0.4, -0.2) is 48.5 Å². The number of methoxy groups -OCH3 is 2. The van der Waals surface area contributed by atoms with Gasteiger partial charge in [0.25, 0.3) is 0 Å². The van der Waals surface area contributed by atoms with Gasteiger partial charge in [-0.05, 0) is 42.8 Å². The minimum atomic E-state index is -0.704. The van der Waals surface area contributed by atoms with Gasteiger partial charge in [-0.2, -0.15) is 0 Å². The molecule has 0 aliphatic carbocycles. The molecular weight excluding hydrogens is 404 g/mol. The Morgan fingerprint density at radius 3 is 2.70 bits per heavy atom. The Balaban J connectivity index is 2.04. The molecule has 1 atom stereocenters. The predicted octanol–water partition coefficient (Wildman–Crippen LogP) is 3.68. The maximum absolute atomic E-state index is 13.0. The lowest BCUT2D eigenvalue weighted by molar-refractivity contribution is -0.139. The average Bonchev–Trinajstić information content (AvgIpc) is 3.11. The average molecular weight is 426 g/mol. The summed E-state index contributed by atoms with van der Waals surface area (Å²) in [5.74, 6) is 0.910. The molecule has 1 saturated heterocycles. The van der Waals surface area contributed by atoms with Crippen molar-refractivity contribution in [3.63, 3.8) is 0 Å². The summed E-state index contributed by atoms with van der Waals surface area (Å²) >= 11 is 1.36. The maximum Gasteiger partial charge on any atom is 0.338 e. The largest absolute Gasteiger partial charge is 0.497 e. The summed E-state index contributed by atoms with van der Waals surface area (Å²) in [7, 11) is 3.17. The van der Waals surface area contributed by atoms with Crippen LogP contribution < -0.4 is 9.47 Å². The van der Waals surface area contributed by atoms with Crippen molar-refractivity contribution < 1.29 is 23.8 Å². The summed E-state index contributed by atoms with van der Waals surface area (Å²) in [4.78, 5) is 32.0. The van der Waals surface area contributed by atoms with Gasteiger partial charge >= 0.3 is 5.97 Å². The van der Waals surface area contributed by atoms with Crippen molar-refractivity contribution in [2.75, 3.05) is 26.6 Å². The molecule has 2 aromatic rings. The second-order valence-electron chi connectivity index (χ2n) is 6.84. The van der Waals surface area contributed by atoms with Gasteiger partial charge in [0.2, 0.25) is 5.91 Å². The second kappa shape index (κ2) is 8.02. The van der Waals surface area contributed by atoms with Gasteiger partial charge in [0.05, 0.1) is 37.8 Å². The van der Waals surface area contributed by atoms with Crippen LogP contribution in [0.5, 0.6) is 11.5 Å². The predicted molar refractivity (Wildman–Crippen MR) is 116 cm³/mol. The van der Waals surface area contributed by atoms with Crippen LogP contribution in [0.15, 0.2) is 46.6 Å². The third kappa shape index (κ3) is 3.21. The van der Waals surface area contributed by atoms with Crippen LogP contribution in [0.4, 0.5) is 0 Å². The number of rotatable bonds is 5. The van der Waals surface area contributed by atoms with Gasteiger partial charge in [0, 0.05) is 5.56 Å². The Kier molecular flexibility index (Phi) is 5.42. The Labute approximate surface area is 178 Å². The van der Waals surface area contributed by atoms with Crippen molar-refractivity contribution in [3.05, 3.63) is 47.2 Å². The van der Waals surface area contributed by atoms with E-state index in [9.17, 15) is 9.59 Å². The van der Waals surface area contributed by atoms with Crippen LogP contribution in [-0.2, 0) is 14.3 Å². The molecule has 2 aliphatic heterocycles. The van der Waals surface area contributed by atoms with Crippen molar-refractivity contribution in [1.82, 2.24) is 4.90 Å². The normalized spacial score (nSPS) is 18.4. The van der Waals surface area contributed by atoms with Gasteiger partial charge in [-0.25, -0.2) is 9.79 Å². The van der Waals surface area contributed by atoms with E-state index in [0.29, 0.717) is 33.5 Å². The zero-order chi connectivity index (χ0) is 21.4. The number of ether oxygens (including phenoxy) is 3. The molecule has 2 aliphatic rings. The van der Waals surface area contributed by atoms with E-state index < -0.39 is 12.0 Å². The molecule has 0 aromatic heterocycles. The number of aliphatic imine (C=N–C) groups is 1. The summed E-state index contributed by atoms with van der Waals surface area (Å²) in [5, 5.41) is 2.35. The maximum atomic E-state index is 13.0. The molecule has 2 aromatic carbocycles. The fourth-order valence-electron chi connectivity index (χ4n) is 3.87. The monoisotopic (exact) mass is 426 g/mol. The molecular formula is C22H22N2O5S. The molecule has 0 N–H and O–H groups in total. The van der Waals surface area contributed by atoms with E-state index in [-0.39, 0.29) is 18.3 Å². The first-order chi connectivity index (χ1) is 14.5. The molecule has 4 rings (SSSR count). The molecule has 0 saturated carbocycles. The lowest BCUT2D eigenvalue weighted by atomic mass is 9.89. The SMILES string of the molecule is CCOC(=O)C1=C(C)N=C2SCC(=O)N2[C@@H]1c1c(OC)ccc2ccc(OC)cc12. The molecule has 0 bridgehead atoms. The standard InChI is InChI=1S/C22H22N2O5S/c1-5-29-21(26)18-12(2)23-22-24(17(25)11-30-22)20(18)19-15-10-14(27-3)8-6-13(15)7-9-16(19)28-4/h6-10,20H,5,11H2,1-4H3/t20-/m0/s1. The molecule has 7 nitrogen and oxygen atoms in total. The first-order valence-corrected chi connectivity index (χ1v) is 10.5. The van der Waals surface area contributed by atoms with E-state index in [1.54, 1.807) is 33.0 Å². The van der Waals surface area contributed by atoms with Gasteiger partial charge in [0.15, 0.2) is 5.17 Å². The summed E-state index contributed by atoms with van der Waals surface area (Å²) < 4.78 is 16.5. The van der Waals surface area contributed by atoms with Crippen molar-refractivity contribution in [3.8, 4) is 11.5 Å². The quantitative estimate of drug-likeness (QED) is 0.679. The van der Waals surface area contributed by atoms with Crippen LogP contribution >= 0.6 is 11.8 Å². The third-order valence-electron chi connectivity index (χ3n) is 5.20. The van der Waals surface area contributed by atoms with E-state index in [0.717, 1.165) is 10.8 Å². The number of amides is 1. The van der Waals surface area contributed by atoms with Crippen molar-refractivity contribution in [1.29, 1.82) is 0 Å². The highest BCUT2D eigenvalue weighted by Gasteiger charge is 2.45. The number of thioether (sulfide) groups is 1. The Hall–Kier alpha value is -3.00. The smallest absolute Gasteiger partial charge is 0.338 e. The molecule has 0 spiro atoms. The number of amidine groups is 1. The zero-order valence-corrected chi connectivity index (χ0v) is 18.0. The first kappa shape index (κ1) is 20.3. The van der Waals surface area contributed by atoms with Crippen LogP contribution in [0.2, 0.25) is 0 Å². The van der Waals surface area contributed by atoms with Gasteiger partial charge < -0.3 is 14.2 Å². The van der Waals surface area contributed by atoms with E-state index in [2.05, 4.69) is 4.99 Å². The molecule has 1 amide bonds. The van der Waals surface area contributed by atoms with Gasteiger partial charge in [-0.1, -0.05) is 23.9 Å². The number of carbonyl (C=O) groups is 2. The van der Waals surface area contributed by atoms with E-state index in [1.165, 1.54) is 11.8 Å². The number of hydrogen-bond donors (Lipinski definition) is 0. The minimum Gasteiger partial charge on any atom is -0.497 e. The highest BCUT2D eigenvalue weighted by Crippen LogP contribution is 2.46. The zero-order valence-electron chi connectivity index (χ0n) is 17.2. The lowest BCUT2D eigenvalue weighted by Gasteiger charge is -2.34. The summed E-state index contributed by atoms with van der Waals surface area (Å²) in [6.45, 7) is 3.74. The molecule has 0 radical (unpaired) electrons. The highest BCUT2D eigenvalue weighted by molar-refractivity contribution is 8.15. The number of benzene rings is 2. The number of nitrogens with zero attached hydrogens (tertiary/aromatic N) is 2. The molecule has 30 heavy (non-hydrogen) atoms. The van der Waals surface area contributed by atoms with Crippen LogP contribution in [0.3, 0.4) is 0 Å². The lowest BCUT2D eigenvalue weighted by Crippen LogP contribution is -2.40. The van der Waals surface area contributed by atoms with Crippen LogP contribution in [0.25, 0.3) is 10.8 Å². The fourth-order valence-corrected chi connectivity index (χ4v) is 4.81. The molecule has 0 unspecified atom stereocenters. The van der Waals surface area contributed by atoms with E-state index >= 15 is 0 Å². The summed E-state index contributed by atoms with van der Waals surface area (Å²) in [6, 6.07) is 8.79. The van der Waals surface area contributed by atoms with Crippen molar-refractivity contribution in [2.45, 2.75) is 19.9 Å². The Morgan fingerprint density at radius 1 is 1.23 bits per heavy atom. The number of hydrogen-bond acceptors (Lipinski definition) is 7. The van der Waals surface area contributed by atoms with Gasteiger partial charge in [-0.15, -0.1) is 0 Å². The van der Waals surface area contributed by atoms with E-state index in [4.69, 9.17) is 14.2 Å². The third-order valence-corrected chi connectivity index (χ3v) is 6.14. The molecule has 1 fully saturated rings. The highest BCUT2D eigenvalue weighted by atomic mass is 32.2. The molecule has 2 heterocycles. The molecule has 8 heteroatoms. The van der Waals surface area contributed by atoms with Crippen molar-refractivity contribution in [2.24, 2.45) is 4.99 Å². The summed E-state index contributed by atoms with van der Waals surface area (Å²) in [6.07, 6.45) is 0. The summed E-state index contributed by atoms with van der Waals surface area (Å²) in [5.41, 5.74) is 1.58. The number of esters is 1. The van der Waals surface area contributed by atoms with Crippen LogP contribution in [0.1, 0.15) is 25.5 Å². The number of fused-ring (bicyclic) bond motifs is 2. The minimum absolute atomic E-state index is 0.111. The van der Waals surface area contributed by atoms with Gasteiger partial charge in [0.1, 0.15) is 17.5 Å². The fraction of sp³-hybridized carbons (Fsp3) is 0.318. The Morgan fingerprint density at radius 2 is 2.00 bits per heavy atom. The molecule has 156 valence electrons. The van der Waals surface area contributed by atoms with E-state index in [1.807, 2.05) is 30.3 Å². The first-order valence-electron chi connectivity index (χ1n) is 9.56. The second-order valence-corrected chi connectivity index (χ2v) is 7.78. The van der Waals surface area contributed by atoms with Crippen LogP contribution in [0, 0.1) is 0 Å². The number of carbonyl (C=O) groups excluding carboxylic acids is 2. The van der Waals surface area contributed by atoms with Gasteiger partial charge in [-0.3, -0.25) is 9.69 Å².